The minimum absolute atomic E-state index is 0.0495. The van der Waals surface area contributed by atoms with Crippen molar-refractivity contribution in [3.05, 3.63) is 22.8 Å². The fraction of sp³-hybridized carbons (Fsp3) is 0.710. The highest BCUT2D eigenvalue weighted by Crippen LogP contribution is 2.41. The number of carbonyl (C=O) groups excluding carboxylic acids is 2. The zero-order chi connectivity index (χ0) is 30.8. The lowest BCUT2D eigenvalue weighted by atomic mass is 9.91. The standard InChI is InChI=1S/C31H48N4O6S2/c1-20(36)41-26-10-9-22-15-23(29(39)30-27(22)8-6-11-40-30)18-35-17-21(14-28(35)38)13-24(34-31(32)33)19-43-42-12-5-3-2-4-7-25(37)16-26/h15,21,24-26,37,39H,2-14,16-19H2,1H3,(H4,32,33,34). The van der Waals surface area contributed by atoms with E-state index in [9.17, 15) is 19.8 Å². The molecular formula is C31H48N4O6S2. The maximum atomic E-state index is 13.1. The average molecular weight is 637 g/mol. The van der Waals surface area contributed by atoms with Crippen LogP contribution >= 0.6 is 21.6 Å². The summed E-state index contributed by atoms with van der Waals surface area (Å²) in [5.74, 6) is 2.28. The minimum Gasteiger partial charge on any atom is -0.504 e. The molecule has 0 spiro atoms. The summed E-state index contributed by atoms with van der Waals surface area (Å²) in [7, 11) is 3.59. The summed E-state index contributed by atoms with van der Waals surface area (Å²) >= 11 is 0. The molecule has 0 aromatic heterocycles. The highest BCUT2D eigenvalue weighted by Gasteiger charge is 2.33. The molecule has 10 nitrogen and oxygen atoms in total. The zero-order valence-corrected chi connectivity index (χ0v) is 26.9. The normalized spacial score (nSPS) is 26.6. The van der Waals surface area contributed by atoms with E-state index >= 15 is 0 Å². The Balaban J connectivity index is 1.56. The van der Waals surface area contributed by atoms with E-state index in [1.165, 1.54) is 6.92 Å². The van der Waals surface area contributed by atoms with E-state index in [-0.39, 0.29) is 42.1 Å². The summed E-state index contributed by atoms with van der Waals surface area (Å²) in [5, 5.41) is 22.0. The number of aliphatic hydroxyl groups is 1. The van der Waals surface area contributed by atoms with Crippen molar-refractivity contribution < 1.29 is 29.3 Å². The fourth-order valence-corrected chi connectivity index (χ4v) is 8.77. The van der Waals surface area contributed by atoms with Crippen molar-refractivity contribution >= 4 is 39.4 Å². The molecular weight excluding hydrogens is 588 g/mol. The number of phenolic OH excluding ortho intramolecular Hbond substituents is 1. The summed E-state index contributed by atoms with van der Waals surface area (Å²) in [6, 6.07) is 1.92. The first-order valence-corrected chi connectivity index (χ1v) is 18.1. The summed E-state index contributed by atoms with van der Waals surface area (Å²) < 4.78 is 11.6. The van der Waals surface area contributed by atoms with E-state index in [1.807, 2.05) is 16.9 Å². The van der Waals surface area contributed by atoms with E-state index < -0.39 is 12.2 Å². The molecule has 1 aromatic rings. The number of esters is 1. The molecule has 1 saturated heterocycles. The first-order valence-electron chi connectivity index (χ1n) is 15.6. The zero-order valence-electron chi connectivity index (χ0n) is 25.3. The smallest absolute Gasteiger partial charge is 0.302 e. The number of rotatable bonds is 2. The fourth-order valence-electron chi connectivity index (χ4n) is 6.40. The van der Waals surface area contributed by atoms with Crippen LogP contribution in [-0.2, 0) is 33.7 Å². The molecule has 4 rings (SSSR count). The lowest BCUT2D eigenvalue weighted by Gasteiger charge is -2.26. The van der Waals surface area contributed by atoms with Gasteiger partial charge in [-0.3, -0.25) is 9.59 Å². The van der Waals surface area contributed by atoms with Gasteiger partial charge in [0.15, 0.2) is 17.5 Å². The molecule has 4 unspecified atom stereocenters. The number of aliphatic imine (C=N–C) groups is 1. The second kappa shape index (κ2) is 16.7. The van der Waals surface area contributed by atoms with Crippen molar-refractivity contribution in [3.8, 4) is 11.5 Å². The van der Waals surface area contributed by atoms with Gasteiger partial charge in [0.05, 0.1) is 18.8 Å². The van der Waals surface area contributed by atoms with Crippen molar-refractivity contribution in [2.75, 3.05) is 24.7 Å². The maximum absolute atomic E-state index is 13.1. The van der Waals surface area contributed by atoms with E-state index in [4.69, 9.17) is 20.9 Å². The van der Waals surface area contributed by atoms with E-state index in [2.05, 4.69) is 4.99 Å². The van der Waals surface area contributed by atoms with Gasteiger partial charge in [-0.05, 0) is 62.5 Å². The minimum atomic E-state index is -0.537. The molecule has 0 saturated carbocycles. The van der Waals surface area contributed by atoms with E-state index in [0.717, 1.165) is 67.6 Å². The number of ether oxygens (including phenoxy) is 2. The molecule has 4 bridgehead atoms. The van der Waals surface area contributed by atoms with Gasteiger partial charge < -0.3 is 36.1 Å². The number of nitrogens with zero attached hydrogens (tertiary/aromatic N) is 2. The molecule has 0 aliphatic carbocycles. The van der Waals surface area contributed by atoms with Gasteiger partial charge in [0.25, 0.3) is 0 Å². The molecule has 43 heavy (non-hydrogen) atoms. The van der Waals surface area contributed by atoms with Crippen molar-refractivity contribution in [3.63, 3.8) is 0 Å². The molecule has 1 amide bonds. The number of phenols is 1. The Kier molecular flexibility index (Phi) is 13.0. The second-order valence-corrected chi connectivity index (χ2v) is 14.7. The van der Waals surface area contributed by atoms with Gasteiger partial charge >= 0.3 is 5.97 Å². The van der Waals surface area contributed by atoms with E-state index in [1.54, 1.807) is 15.7 Å². The van der Waals surface area contributed by atoms with Gasteiger partial charge in [-0.15, -0.1) is 0 Å². The molecule has 3 aliphatic rings. The SMILES string of the molecule is CC(=O)OC1CCc2cc(c(O)c3c2CCCO3)CN2CC(CC2=O)CC(N=C(N)N)CSSCCCCCCC(O)C1. The number of amides is 1. The Labute approximate surface area is 263 Å². The van der Waals surface area contributed by atoms with Crippen LogP contribution in [0.25, 0.3) is 0 Å². The number of guanidine groups is 1. The van der Waals surface area contributed by atoms with Crippen LogP contribution < -0.4 is 16.2 Å². The second-order valence-electron chi connectivity index (χ2n) is 12.1. The van der Waals surface area contributed by atoms with Gasteiger partial charge in [0, 0.05) is 55.5 Å². The highest BCUT2D eigenvalue weighted by molar-refractivity contribution is 8.76. The van der Waals surface area contributed by atoms with Crippen LogP contribution in [0.2, 0.25) is 0 Å². The molecule has 0 radical (unpaired) electrons. The van der Waals surface area contributed by atoms with Gasteiger partial charge in [-0.25, -0.2) is 4.99 Å². The third-order valence-corrected chi connectivity index (χ3v) is 11.0. The van der Waals surface area contributed by atoms with Crippen LogP contribution in [0.4, 0.5) is 0 Å². The highest BCUT2D eigenvalue weighted by atomic mass is 33.1. The lowest BCUT2D eigenvalue weighted by molar-refractivity contribution is -0.148. The number of carbonyl (C=O) groups is 2. The first-order chi connectivity index (χ1) is 20.7. The molecule has 240 valence electrons. The molecule has 3 heterocycles. The number of aromatic hydroxyl groups is 1. The number of aliphatic hydroxyl groups excluding tert-OH is 1. The van der Waals surface area contributed by atoms with Crippen molar-refractivity contribution in [1.82, 2.24) is 4.90 Å². The summed E-state index contributed by atoms with van der Waals surface area (Å²) in [6.07, 6.45) is 8.26. The third kappa shape index (κ3) is 10.4. The Bertz CT molecular complexity index is 1130. The molecule has 4 atom stereocenters. The lowest BCUT2D eigenvalue weighted by Crippen LogP contribution is -2.28. The number of benzene rings is 1. The number of nitrogens with two attached hydrogens (primary N) is 2. The molecule has 12 heteroatoms. The molecule has 6 N–H and O–H groups in total. The average Bonchev–Trinajstić information content (AvgIpc) is 3.29. The van der Waals surface area contributed by atoms with Gasteiger partial charge in [-0.2, -0.15) is 0 Å². The van der Waals surface area contributed by atoms with Crippen LogP contribution in [0.5, 0.6) is 11.5 Å². The Morgan fingerprint density at radius 2 is 1.91 bits per heavy atom. The first kappa shape index (κ1) is 33.6. The van der Waals surface area contributed by atoms with Crippen LogP contribution in [0, 0.1) is 5.92 Å². The van der Waals surface area contributed by atoms with Crippen molar-refractivity contribution in [1.29, 1.82) is 0 Å². The predicted molar refractivity (Wildman–Crippen MR) is 172 cm³/mol. The Morgan fingerprint density at radius 3 is 2.70 bits per heavy atom. The monoisotopic (exact) mass is 636 g/mol. The summed E-state index contributed by atoms with van der Waals surface area (Å²) in [6.45, 7) is 2.79. The number of hydrogen-bond acceptors (Lipinski definition) is 9. The van der Waals surface area contributed by atoms with Crippen molar-refractivity contribution in [2.24, 2.45) is 22.4 Å². The molecule has 1 fully saturated rings. The summed E-state index contributed by atoms with van der Waals surface area (Å²) in [5.41, 5.74) is 14.1. The maximum Gasteiger partial charge on any atom is 0.302 e. The van der Waals surface area contributed by atoms with E-state index in [0.29, 0.717) is 56.6 Å². The van der Waals surface area contributed by atoms with Gasteiger partial charge in [-0.1, -0.05) is 40.9 Å². The Morgan fingerprint density at radius 1 is 1.09 bits per heavy atom. The third-order valence-electron chi connectivity index (χ3n) is 8.40. The number of hydrogen-bond donors (Lipinski definition) is 4. The summed E-state index contributed by atoms with van der Waals surface area (Å²) in [4.78, 5) is 31.3. The number of aryl methyl sites for hydroxylation is 1. The molecule has 3 aliphatic heterocycles. The number of fused-ring (bicyclic) bond motifs is 6. The predicted octanol–water partition coefficient (Wildman–Crippen LogP) is 4.06. The van der Waals surface area contributed by atoms with Gasteiger partial charge in [0.1, 0.15) is 6.10 Å². The molecule has 1 aromatic carbocycles. The quantitative estimate of drug-likeness (QED) is 0.161. The van der Waals surface area contributed by atoms with Crippen LogP contribution in [0.15, 0.2) is 11.1 Å². The van der Waals surface area contributed by atoms with Crippen LogP contribution in [-0.4, -0.2) is 75.9 Å². The van der Waals surface area contributed by atoms with Crippen LogP contribution in [0.1, 0.15) is 87.8 Å². The van der Waals surface area contributed by atoms with Gasteiger partial charge in [0.2, 0.25) is 5.91 Å². The topological polar surface area (TPSA) is 161 Å². The largest absolute Gasteiger partial charge is 0.504 e. The Hall–Kier alpha value is -2.31. The van der Waals surface area contributed by atoms with Crippen LogP contribution in [0.3, 0.4) is 0 Å². The van der Waals surface area contributed by atoms with Crippen molar-refractivity contribution in [2.45, 2.75) is 109 Å².